The van der Waals surface area contributed by atoms with Crippen molar-refractivity contribution in [2.24, 2.45) is 0 Å². The summed E-state index contributed by atoms with van der Waals surface area (Å²) in [6.45, 7) is 0.515. The zero-order valence-electron chi connectivity index (χ0n) is 13.1. The van der Waals surface area contributed by atoms with Crippen molar-refractivity contribution in [1.29, 1.82) is 0 Å². The van der Waals surface area contributed by atoms with E-state index >= 15 is 0 Å². The van der Waals surface area contributed by atoms with Crippen LogP contribution in [0.5, 0.6) is 0 Å². The van der Waals surface area contributed by atoms with Gasteiger partial charge in [-0.15, -0.1) is 11.3 Å². The van der Waals surface area contributed by atoms with E-state index < -0.39 is 16.1 Å². The number of thiophene rings is 1. The van der Waals surface area contributed by atoms with E-state index in [1.165, 1.54) is 28.6 Å². The third-order valence-electron chi connectivity index (χ3n) is 4.00. The molecule has 5 nitrogen and oxygen atoms in total. The van der Waals surface area contributed by atoms with Crippen molar-refractivity contribution in [2.45, 2.75) is 29.6 Å². The third kappa shape index (κ3) is 4.03. The number of benzene rings is 1. The first-order valence-corrected chi connectivity index (χ1v) is 10.3. The van der Waals surface area contributed by atoms with Crippen LogP contribution in [0.4, 0.5) is 4.39 Å². The molecule has 9 heteroatoms. The van der Waals surface area contributed by atoms with Crippen LogP contribution in [0.2, 0.25) is 4.34 Å². The summed E-state index contributed by atoms with van der Waals surface area (Å²) in [5.74, 6) is -0.703. The molecular formula is C16H16ClFN2O3S2. The van der Waals surface area contributed by atoms with Crippen LogP contribution in [-0.4, -0.2) is 31.2 Å². The first-order valence-electron chi connectivity index (χ1n) is 7.67. The summed E-state index contributed by atoms with van der Waals surface area (Å²) in [5.41, 5.74) is 0.743. The lowest BCUT2D eigenvalue weighted by Gasteiger charge is -2.22. The number of amides is 1. The van der Waals surface area contributed by atoms with Crippen molar-refractivity contribution in [2.75, 3.05) is 6.54 Å². The van der Waals surface area contributed by atoms with Crippen LogP contribution in [0.15, 0.2) is 40.6 Å². The normalized spacial score (nSPS) is 18.4. The lowest BCUT2D eigenvalue weighted by Crippen LogP contribution is -2.45. The molecule has 1 saturated heterocycles. The minimum atomic E-state index is -3.74. The van der Waals surface area contributed by atoms with E-state index in [0.29, 0.717) is 23.7 Å². The zero-order chi connectivity index (χ0) is 18.0. The van der Waals surface area contributed by atoms with Crippen molar-refractivity contribution in [3.63, 3.8) is 0 Å². The smallest absolute Gasteiger partial charge is 0.253 e. The van der Waals surface area contributed by atoms with Gasteiger partial charge in [0.05, 0.1) is 4.34 Å². The number of hydrogen-bond acceptors (Lipinski definition) is 4. The molecule has 2 aromatic rings. The van der Waals surface area contributed by atoms with Crippen LogP contribution in [0.1, 0.15) is 18.4 Å². The lowest BCUT2D eigenvalue weighted by molar-refractivity contribution is -0.124. The topological polar surface area (TPSA) is 66.5 Å². The predicted octanol–water partition coefficient (Wildman–Crippen LogP) is 3.01. The largest absolute Gasteiger partial charge is 0.351 e. The average molecular weight is 403 g/mol. The Balaban J connectivity index is 1.70. The van der Waals surface area contributed by atoms with Crippen molar-refractivity contribution in [1.82, 2.24) is 9.62 Å². The van der Waals surface area contributed by atoms with Gasteiger partial charge in [-0.2, -0.15) is 4.31 Å². The van der Waals surface area contributed by atoms with E-state index in [4.69, 9.17) is 11.6 Å². The molecule has 1 aliphatic heterocycles. The number of rotatable bonds is 5. The van der Waals surface area contributed by atoms with Gasteiger partial charge < -0.3 is 5.32 Å². The highest BCUT2D eigenvalue weighted by atomic mass is 35.5. The third-order valence-corrected chi connectivity index (χ3v) is 7.60. The molecule has 1 fully saturated rings. The molecule has 2 heterocycles. The van der Waals surface area contributed by atoms with Gasteiger partial charge in [0.2, 0.25) is 5.91 Å². The number of nitrogens with one attached hydrogen (secondary N) is 1. The van der Waals surface area contributed by atoms with Crippen LogP contribution in [0.3, 0.4) is 0 Å². The fraction of sp³-hybridized carbons (Fsp3) is 0.312. The fourth-order valence-corrected chi connectivity index (χ4v) is 6.02. The number of nitrogens with zero attached hydrogens (tertiary/aromatic N) is 1. The van der Waals surface area contributed by atoms with Crippen LogP contribution in [-0.2, 0) is 21.4 Å². The molecule has 1 atom stereocenters. The van der Waals surface area contributed by atoms with Crippen molar-refractivity contribution in [3.8, 4) is 0 Å². The summed E-state index contributed by atoms with van der Waals surface area (Å²) >= 11 is 6.81. The van der Waals surface area contributed by atoms with Crippen LogP contribution >= 0.6 is 22.9 Å². The summed E-state index contributed by atoms with van der Waals surface area (Å²) in [6, 6.07) is 8.01. The Bertz CT molecular complexity index is 868. The minimum Gasteiger partial charge on any atom is -0.351 e. The van der Waals surface area contributed by atoms with Gasteiger partial charge in [0.1, 0.15) is 16.1 Å². The maximum Gasteiger partial charge on any atom is 0.253 e. The Kier molecular flexibility index (Phi) is 5.43. The second-order valence-corrected chi connectivity index (χ2v) is 9.51. The zero-order valence-corrected chi connectivity index (χ0v) is 15.5. The Hall–Kier alpha value is -1.48. The van der Waals surface area contributed by atoms with Crippen LogP contribution in [0, 0.1) is 5.82 Å². The summed E-state index contributed by atoms with van der Waals surface area (Å²) < 4.78 is 40.1. The highest BCUT2D eigenvalue weighted by Gasteiger charge is 2.39. The van der Waals surface area contributed by atoms with Gasteiger partial charge in [-0.1, -0.05) is 23.7 Å². The molecule has 1 aromatic heterocycles. The number of sulfonamides is 1. The second-order valence-electron chi connectivity index (χ2n) is 5.68. The molecule has 0 aliphatic carbocycles. The molecule has 1 aliphatic rings. The highest BCUT2D eigenvalue weighted by Crippen LogP contribution is 2.32. The molecular weight excluding hydrogens is 387 g/mol. The molecule has 0 saturated carbocycles. The van der Waals surface area contributed by atoms with Crippen molar-refractivity contribution in [3.05, 3.63) is 52.1 Å². The Morgan fingerprint density at radius 3 is 2.64 bits per heavy atom. The molecule has 0 spiro atoms. The minimum absolute atomic E-state index is 0.135. The molecule has 0 bridgehead atoms. The number of carbonyl (C=O) groups is 1. The van der Waals surface area contributed by atoms with Gasteiger partial charge >= 0.3 is 0 Å². The molecule has 0 radical (unpaired) electrons. The highest BCUT2D eigenvalue weighted by molar-refractivity contribution is 7.91. The first-order chi connectivity index (χ1) is 11.9. The van der Waals surface area contributed by atoms with Crippen LogP contribution < -0.4 is 5.32 Å². The summed E-state index contributed by atoms with van der Waals surface area (Å²) in [6.07, 6.45) is 1.08. The van der Waals surface area contributed by atoms with E-state index in [1.807, 2.05) is 0 Å². The molecule has 0 unspecified atom stereocenters. The average Bonchev–Trinajstić information content (AvgIpc) is 3.23. The molecule has 1 N–H and O–H groups in total. The maximum atomic E-state index is 12.9. The molecule has 25 heavy (non-hydrogen) atoms. The van der Waals surface area contributed by atoms with E-state index in [-0.39, 0.29) is 22.5 Å². The molecule has 134 valence electrons. The van der Waals surface area contributed by atoms with Crippen LogP contribution in [0.25, 0.3) is 0 Å². The van der Waals surface area contributed by atoms with Crippen molar-refractivity contribution >= 4 is 38.9 Å². The first kappa shape index (κ1) is 18.3. The van der Waals surface area contributed by atoms with Gasteiger partial charge in [-0.25, -0.2) is 12.8 Å². The van der Waals surface area contributed by atoms with E-state index in [0.717, 1.165) is 16.9 Å². The van der Waals surface area contributed by atoms with Gasteiger partial charge in [-0.05, 0) is 42.7 Å². The van der Waals surface area contributed by atoms with Gasteiger partial charge in [-0.3, -0.25) is 4.79 Å². The Morgan fingerprint density at radius 1 is 1.28 bits per heavy atom. The Labute approximate surface area is 154 Å². The maximum absolute atomic E-state index is 12.9. The van der Waals surface area contributed by atoms with Gasteiger partial charge in [0.15, 0.2) is 0 Å². The van der Waals surface area contributed by atoms with E-state index in [9.17, 15) is 17.6 Å². The van der Waals surface area contributed by atoms with Crippen molar-refractivity contribution < 1.29 is 17.6 Å². The summed E-state index contributed by atoms with van der Waals surface area (Å²) in [7, 11) is -3.74. The summed E-state index contributed by atoms with van der Waals surface area (Å²) in [4.78, 5) is 12.5. The van der Waals surface area contributed by atoms with E-state index in [1.54, 1.807) is 12.1 Å². The summed E-state index contributed by atoms with van der Waals surface area (Å²) in [5, 5.41) is 2.73. The standard InChI is InChI=1S/C16H16ClFN2O3S2/c17-14-7-8-15(24-14)25(22,23)20-9-1-2-13(20)16(21)19-10-11-3-5-12(18)6-4-11/h3-8,13H,1-2,9-10H2,(H,19,21)/t13-/m0/s1. The second kappa shape index (κ2) is 7.41. The molecule has 1 aromatic carbocycles. The van der Waals surface area contributed by atoms with Gasteiger partial charge in [0, 0.05) is 13.1 Å². The van der Waals surface area contributed by atoms with E-state index in [2.05, 4.69) is 5.32 Å². The number of hydrogen-bond donors (Lipinski definition) is 1. The molecule has 1 amide bonds. The number of halogens is 2. The van der Waals surface area contributed by atoms with Gasteiger partial charge in [0.25, 0.3) is 10.0 Å². The lowest BCUT2D eigenvalue weighted by atomic mass is 10.2. The quantitative estimate of drug-likeness (QED) is 0.836. The fourth-order valence-electron chi connectivity index (χ4n) is 2.75. The molecule has 3 rings (SSSR count). The predicted molar refractivity (Wildman–Crippen MR) is 94.5 cm³/mol. The Morgan fingerprint density at radius 2 is 2.00 bits per heavy atom. The number of carbonyl (C=O) groups excluding carboxylic acids is 1. The monoisotopic (exact) mass is 402 g/mol. The SMILES string of the molecule is O=C(NCc1ccc(F)cc1)[C@@H]1CCCN1S(=O)(=O)c1ccc(Cl)s1.